The molecule has 0 saturated carbocycles. The Kier molecular flexibility index (Phi) is 3.74. The van der Waals surface area contributed by atoms with Gasteiger partial charge in [-0.3, -0.25) is 0 Å². The minimum Gasteiger partial charge on any atom is -0.326 e. The molecule has 13 heavy (non-hydrogen) atoms. The van der Waals surface area contributed by atoms with E-state index < -0.39 is 0 Å². The van der Waals surface area contributed by atoms with Crippen molar-refractivity contribution >= 4 is 27.5 Å². The monoisotopic (exact) mass is 262 g/mol. The van der Waals surface area contributed by atoms with Gasteiger partial charge in [0.1, 0.15) is 0 Å². The van der Waals surface area contributed by atoms with Crippen LogP contribution in [0, 0.1) is 0 Å². The first-order valence-corrected chi connectivity index (χ1v) is 5.15. The van der Waals surface area contributed by atoms with E-state index in [-0.39, 0.29) is 12.1 Å². The fraction of sp³-hybridized carbons (Fsp3) is 0.333. The molecule has 0 aliphatic carbocycles. The highest BCUT2D eigenvalue weighted by Crippen LogP contribution is 2.26. The largest absolute Gasteiger partial charge is 0.326 e. The maximum absolute atomic E-state index is 5.89. The van der Waals surface area contributed by atoms with Gasteiger partial charge in [0.15, 0.2) is 0 Å². The van der Waals surface area contributed by atoms with Crippen LogP contribution in [-0.4, -0.2) is 6.04 Å². The van der Waals surface area contributed by atoms with Crippen LogP contribution in [0.4, 0.5) is 0 Å². The summed E-state index contributed by atoms with van der Waals surface area (Å²) in [5, 5.41) is 0.687. The molecule has 2 nitrogen and oxygen atoms in total. The lowest BCUT2D eigenvalue weighted by Crippen LogP contribution is -2.31. The van der Waals surface area contributed by atoms with E-state index in [1.54, 1.807) is 0 Å². The van der Waals surface area contributed by atoms with Crippen LogP contribution in [0.5, 0.6) is 0 Å². The fourth-order valence-corrected chi connectivity index (χ4v) is 2.00. The van der Waals surface area contributed by atoms with E-state index in [2.05, 4.69) is 15.9 Å². The number of nitrogens with two attached hydrogens (primary N) is 2. The van der Waals surface area contributed by atoms with E-state index in [4.69, 9.17) is 23.1 Å². The molecule has 0 heterocycles. The summed E-state index contributed by atoms with van der Waals surface area (Å²) in [5.74, 6) is 0. The third-order valence-corrected chi connectivity index (χ3v) is 2.81. The lowest BCUT2D eigenvalue weighted by atomic mass is 10.0. The van der Waals surface area contributed by atoms with Crippen molar-refractivity contribution in [3.8, 4) is 0 Å². The van der Waals surface area contributed by atoms with Gasteiger partial charge >= 0.3 is 0 Å². The summed E-state index contributed by atoms with van der Waals surface area (Å²) in [7, 11) is 0. The van der Waals surface area contributed by atoms with Crippen molar-refractivity contribution in [2.75, 3.05) is 0 Å². The zero-order valence-electron chi connectivity index (χ0n) is 7.30. The van der Waals surface area contributed by atoms with Crippen molar-refractivity contribution in [2.45, 2.75) is 19.0 Å². The second kappa shape index (κ2) is 4.42. The molecule has 72 valence electrons. The molecule has 0 aliphatic rings. The number of benzene rings is 1. The van der Waals surface area contributed by atoms with Gasteiger partial charge in [-0.2, -0.15) is 0 Å². The van der Waals surface area contributed by atoms with Gasteiger partial charge in [0.2, 0.25) is 0 Å². The molecule has 0 radical (unpaired) electrons. The Balaban J connectivity index is 3.01. The van der Waals surface area contributed by atoms with Crippen LogP contribution in [0.15, 0.2) is 22.7 Å². The van der Waals surface area contributed by atoms with Crippen molar-refractivity contribution in [3.63, 3.8) is 0 Å². The zero-order chi connectivity index (χ0) is 10.0. The molecule has 4 N–H and O–H groups in total. The predicted molar refractivity (Wildman–Crippen MR) is 59.7 cm³/mol. The first-order valence-electron chi connectivity index (χ1n) is 3.98. The molecule has 0 aromatic heterocycles. The smallest absolute Gasteiger partial charge is 0.0457 e. The van der Waals surface area contributed by atoms with Crippen LogP contribution in [-0.2, 0) is 0 Å². The summed E-state index contributed by atoms with van der Waals surface area (Å²) in [6, 6.07) is 5.29. The SMILES string of the molecule is CC(N)C(N)c1ccc(Cl)cc1Br. The first-order chi connectivity index (χ1) is 6.02. The number of halogens is 2. The van der Waals surface area contributed by atoms with E-state index in [1.165, 1.54) is 0 Å². The molecule has 1 aromatic carbocycles. The summed E-state index contributed by atoms with van der Waals surface area (Å²) in [6.07, 6.45) is 0. The topological polar surface area (TPSA) is 52.0 Å². The lowest BCUT2D eigenvalue weighted by molar-refractivity contribution is 0.587. The summed E-state index contributed by atoms with van der Waals surface area (Å²) < 4.78 is 0.907. The van der Waals surface area contributed by atoms with Gasteiger partial charge in [-0.05, 0) is 24.6 Å². The molecule has 0 aliphatic heterocycles. The Morgan fingerprint density at radius 1 is 1.38 bits per heavy atom. The van der Waals surface area contributed by atoms with Crippen molar-refractivity contribution in [1.29, 1.82) is 0 Å². The van der Waals surface area contributed by atoms with Gasteiger partial charge in [-0.1, -0.05) is 33.6 Å². The molecule has 1 aromatic rings. The Labute approximate surface area is 91.4 Å². The van der Waals surface area contributed by atoms with Crippen molar-refractivity contribution in [2.24, 2.45) is 11.5 Å². The lowest BCUT2D eigenvalue weighted by Gasteiger charge is -2.17. The zero-order valence-corrected chi connectivity index (χ0v) is 9.64. The van der Waals surface area contributed by atoms with Crippen LogP contribution < -0.4 is 11.5 Å². The average molecular weight is 264 g/mol. The van der Waals surface area contributed by atoms with Crippen molar-refractivity contribution in [1.82, 2.24) is 0 Å². The van der Waals surface area contributed by atoms with Crippen LogP contribution in [0.2, 0.25) is 5.02 Å². The van der Waals surface area contributed by atoms with Gasteiger partial charge in [-0.25, -0.2) is 0 Å². The van der Waals surface area contributed by atoms with E-state index in [0.717, 1.165) is 10.0 Å². The maximum atomic E-state index is 5.89. The van der Waals surface area contributed by atoms with Crippen molar-refractivity contribution in [3.05, 3.63) is 33.3 Å². The standard InChI is InChI=1S/C9H12BrClN2/c1-5(12)9(13)7-3-2-6(11)4-8(7)10/h2-5,9H,12-13H2,1H3. The molecule has 1 rings (SSSR count). The molecular weight excluding hydrogens is 251 g/mol. The molecule has 2 atom stereocenters. The highest BCUT2D eigenvalue weighted by molar-refractivity contribution is 9.10. The Morgan fingerprint density at radius 3 is 2.46 bits per heavy atom. The van der Waals surface area contributed by atoms with E-state index in [1.807, 2.05) is 25.1 Å². The first kappa shape index (κ1) is 11.0. The molecule has 2 unspecified atom stereocenters. The third-order valence-electron chi connectivity index (χ3n) is 1.89. The highest BCUT2D eigenvalue weighted by Gasteiger charge is 2.13. The van der Waals surface area contributed by atoms with Crippen LogP contribution >= 0.6 is 27.5 Å². The van der Waals surface area contributed by atoms with Crippen LogP contribution in [0.1, 0.15) is 18.5 Å². The molecule has 0 bridgehead atoms. The predicted octanol–water partition coefficient (Wildman–Crippen LogP) is 2.45. The molecular formula is C9H12BrClN2. The second-order valence-electron chi connectivity index (χ2n) is 3.05. The van der Waals surface area contributed by atoms with Crippen molar-refractivity contribution < 1.29 is 0 Å². The second-order valence-corrected chi connectivity index (χ2v) is 4.34. The average Bonchev–Trinajstić information content (AvgIpc) is 2.03. The molecule has 0 saturated heterocycles. The molecule has 0 amide bonds. The Hall–Kier alpha value is -0.0900. The molecule has 4 heteroatoms. The number of hydrogen-bond acceptors (Lipinski definition) is 2. The number of rotatable bonds is 2. The minimum absolute atomic E-state index is 0.0718. The third kappa shape index (κ3) is 2.68. The van der Waals surface area contributed by atoms with Gasteiger partial charge in [0.05, 0.1) is 0 Å². The molecule has 0 fully saturated rings. The van der Waals surface area contributed by atoms with Gasteiger partial charge < -0.3 is 11.5 Å². The number of hydrogen-bond donors (Lipinski definition) is 2. The Morgan fingerprint density at radius 2 is 2.00 bits per heavy atom. The van der Waals surface area contributed by atoms with E-state index >= 15 is 0 Å². The summed E-state index contributed by atoms with van der Waals surface area (Å²) in [5.41, 5.74) is 12.6. The van der Waals surface area contributed by atoms with E-state index in [0.29, 0.717) is 5.02 Å². The highest BCUT2D eigenvalue weighted by atomic mass is 79.9. The summed E-state index contributed by atoms with van der Waals surface area (Å²) >= 11 is 9.20. The van der Waals surface area contributed by atoms with Gasteiger partial charge in [0, 0.05) is 21.6 Å². The quantitative estimate of drug-likeness (QED) is 0.861. The normalized spacial score (nSPS) is 15.5. The maximum Gasteiger partial charge on any atom is 0.0457 e. The molecule has 0 spiro atoms. The van der Waals surface area contributed by atoms with Gasteiger partial charge in [-0.15, -0.1) is 0 Å². The fourth-order valence-electron chi connectivity index (χ4n) is 1.06. The van der Waals surface area contributed by atoms with Gasteiger partial charge in [0.25, 0.3) is 0 Å². The summed E-state index contributed by atoms with van der Waals surface area (Å²) in [4.78, 5) is 0. The van der Waals surface area contributed by atoms with E-state index in [9.17, 15) is 0 Å². The van der Waals surface area contributed by atoms with Crippen LogP contribution in [0.3, 0.4) is 0 Å². The minimum atomic E-state index is -0.161. The van der Waals surface area contributed by atoms with Crippen LogP contribution in [0.25, 0.3) is 0 Å². The Bertz CT molecular complexity index is 302. The summed E-state index contributed by atoms with van der Waals surface area (Å²) in [6.45, 7) is 1.88.